The van der Waals surface area contributed by atoms with Gasteiger partial charge in [-0.25, -0.2) is 0 Å². The molecule has 168 valence electrons. The molecule has 1 heterocycles. The first-order valence-electron chi connectivity index (χ1n) is 11.5. The summed E-state index contributed by atoms with van der Waals surface area (Å²) in [5, 5.41) is 0. The number of hydrogen-bond acceptors (Lipinski definition) is 3. The normalized spacial score (nSPS) is 18.9. The summed E-state index contributed by atoms with van der Waals surface area (Å²) in [6.07, 6.45) is 3.10. The molecule has 1 aliphatic heterocycles. The van der Waals surface area contributed by atoms with Crippen molar-refractivity contribution in [2.45, 2.75) is 58.1 Å². The summed E-state index contributed by atoms with van der Waals surface area (Å²) >= 11 is 0. The monoisotopic (exact) mass is 422 g/mol. The van der Waals surface area contributed by atoms with E-state index in [0.29, 0.717) is 18.4 Å². The van der Waals surface area contributed by atoms with Gasteiger partial charge in [0.25, 0.3) is 0 Å². The first-order chi connectivity index (χ1) is 14.7. The van der Waals surface area contributed by atoms with Crippen molar-refractivity contribution in [1.29, 1.82) is 0 Å². The lowest BCUT2D eigenvalue weighted by atomic mass is 9.75. The molecule has 2 aromatic carbocycles. The second kappa shape index (κ2) is 10.3. The molecule has 0 spiro atoms. The van der Waals surface area contributed by atoms with E-state index in [1.807, 2.05) is 19.0 Å². The van der Waals surface area contributed by atoms with Gasteiger partial charge in [-0.2, -0.15) is 0 Å². The van der Waals surface area contributed by atoms with Crippen molar-refractivity contribution in [1.82, 2.24) is 4.90 Å². The molecule has 0 saturated carbocycles. The third kappa shape index (κ3) is 6.57. The molecule has 3 rings (SSSR count). The van der Waals surface area contributed by atoms with Gasteiger partial charge >= 0.3 is 0 Å². The zero-order valence-corrected chi connectivity index (χ0v) is 19.8. The van der Waals surface area contributed by atoms with Crippen molar-refractivity contribution in [3.8, 4) is 0 Å². The molecule has 2 atom stereocenters. The van der Waals surface area contributed by atoms with E-state index in [1.165, 1.54) is 16.8 Å². The van der Waals surface area contributed by atoms with Gasteiger partial charge in [0.1, 0.15) is 0 Å². The maximum atomic E-state index is 12.4. The topological polar surface area (TPSA) is 32.8 Å². The summed E-state index contributed by atoms with van der Waals surface area (Å²) in [4.78, 5) is 16.5. The van der Waals surface area contributed by atoms with Gasteiger partial charge in [-0.05, 0) is 68.2 Å². The minimum absolute atomic E-state index is 0.0790. The Morgan fingerprint density at radius 1 is 1.10 bits per heavy atom. The average molecular weight is 423 g/mol. The summed E-state index contributed by atoms with van der Waals surface area (Å²) in [7, 11) is 4.08. The van der Waals surface area contributed by atoms with Crippen LogP contribution in [-0.2, 0) is 16.1 Å². The molecule has 4 heteroatoms. The van der Waals surface area contributed by atoms with Gasteiger partial charge in [0.05, 0.1) is 5.60 Å². The maximum Gasteiger partial charge on any atom is 0.219 e. The highest BCUT2D eigenvalue weighted by Gasteiger charge is 2.34. The maximum absolute atomic E-state index is 12.4. The fourth-order valence-corrected chi connectivity index (χ4v) is 4.76. The van der Waals surface area contributed by atoms with E-state index in [0.717, 1.165) is 32.4 Å². The van der Waals surface area contributed by atoms with E-state index >= 15 is 0 Å². The highest BCUT2D eigenvalue weighted by molar-refractivity contribution is 5.73. The molecule has 0 aromatic heterocycles. The molecule has 2 unspecified atom stereocenters. The van der Waals surface area contributed by atoms with Gasteiger partial charge in [0, 0.05) is 46.4 Å². The van der Waals surface area contributed by atoms with Crippen molar-refractivity contribution in [3.63, 3.8) is 0 Å². The van der Waals surface area contributed by atoms with Crippen LogP contribution < -0.4 is 4.90 Å². The number of ether oxygens (including phenoxy) is 1. The molecule has 1 aliphatic rings. The van der Waals surface area contributed by atoms with Gasteiger partial charge in [0.2, 0.25) is 5.91 Å². The lowest BCUT2D eigenvalue weighted by molar-refractivity contribution is -0.129. The third-order valence-corrected chi connectivity index (χ3v) is 6.51. The Hall–Kier alpha value is -2.33. The predicted octanol–water partition coefficient (Wildman–Crippen LogP) is 5.48. The number of carbonyl (C=O) groups excluding carboxylic acids is 1. The number of rotatable bonds is 8. The second-order valence-corrected chi connectivity index (χ2v) is 9.67. The summed E-state index contributed by atoms with van der Waals surface area (Å²) < 4.78 is 5.98. The van der Waals surface area contributed by atoms with E-state index in [-0.39, 0.29) is 11.5 Å². The summed E-state index contributed by atoms with van der Waals surface area (Å²) in [6, 6.07) is 19.3. The van der Waals surface area contributed by atoms with Gasteiger partial charge in [-0.1, -0.05) is 42.5 Å². The van der Waals surface area contributed by atoms with E-state index in [9.17, 15) is 4.79 Å². The Morgan fingerprint density at radius 3 is 2.35 bits per heavy atom. The standard InChI is InChI=1S/C27H38N2O2/c1-21(30)29(20-22-11-13-25(14-12-22)28(4)5)17-15-26(23-9-7-6-8-10-23)24-16-18-31-27(2,3)19-24/h6-14,24,26H,15-20H2,1-5H3. The van der Waals surface area contributed by atoms with E-state index in [4.69, 9.17) is 4.74 Å². The zero-order chi connectivity index (χ0) is 22.4. The van der Waals surface area contributed by atoms with Crippen LogP contribution in [0.3, 0.4) is 0 Å². The van der Waals surface area contributed by atoms with Crippen LogP contribution in [0, 0.1) is 5.92 Å². The lowest BCUT2D eigenvalue weighted by Gasteiger charge is -2.40. The van der Waals surface area contributed by atoms with Crippen molar-refractivity contribution >= 4 is 11.6 Å². The summed E-state index contributed by atoms with van der Waals surface area (Å²) in [6.45, 7) is 8.31. The second-order valence-electron chi connectivity index (χ2n) is 9.67. The van der Waals surface area contributed by atoms with Crippen LogP contribution in [0.15, 0.2) is 54.6 Å². The van der Waals surface area contributed by atoms with Gasteiger partial charge in [0.15, 0.2) is 0 Å². The molecular formula is C27H38N2O2. The van der Waals surface area contributed by atoms with Crippen LogP contribution in [0.5, 0.6) is 0 Å². The molecule has 1 amide bonds. The van der Waals surface area contributed by atoms with E-state index in [1.54, 1.807) is 6.92 Å². The van der Waals surface area contributed by atoms with Gasteiger partial charge in [-0.3, -0.25) is 4.79 Å². The van der Waals surface area contributed by atoms with Crippen LogP contribution in [0.2, 0.25) is 0 Å². The number of amides is 1. The Labute approximate surface area is 188 Å². The molecule has 0 N–H and O–H groups in total. The highest BCUT2D eigenvalue weighted by Crippen LogP contribution is 2.40. The largest absolute Gasteiger partial charge is 0.378 e. The van der Waals surface area contributed by atoms with E-state index in [2.05, 4.69) is 73.3 Å². The smallest absolute Gasteiger partial charge is 0.219 e. The third-order valence-electron chi connectivity index (χ3n) is 6.51. The molecule has 0 bridgehead atoms. The summed E-state index contributed by atoms with van der Waals surface area (Å²) in [5.41, 5.74) is 3.64. The molecular weight excluding hydrogens is 384 g/mol. The molecule has 2 aromatic rings. The highest BCUT2D eigenvalue weighted by atomic mass is 16.5. The predicted molar refractivity (Wildman–Crippen MR) is 128 cm³/mol. The van der Waals surface area contributed by atoms with Crippen LogP contribution in [0.1, 0.15) is 57.1 Å². The molecule has 1 saturated heterocycles. The lowest BCUT2D eigenvalue weighted by Crippen LogP contribution is -2.37. The van der Waals surface area contributed by atoms with Crippen LogP contribution >= 0.6 is 0 Å². The number of anilines is 1. The van der Waals surface area contributed by atoms with Gasteiger partial charge in [-0.15, -0.1) is 0 Å². The minimum atomic E-state index is -0.0790. The van der Waals surface area contributed by atoms with Crippen molar-refractivity contribution < 1.29 is 9.53 Å². The van der Waals surface area contributed by atoms with Crippen LogP contribution in [0.4, 0.5) is 5.69 Å². The SMILES string of the molecule is CC(=O)N(CCC(c1ccccc1)C1CCOC(C)(C)C1)Cc1ccc(N(C)C)cc1. The molecule has 0 aliphatic carbocycles. The number of hydrogen-bond donors (Lipinski definition) is 0. The molecule has 1 fully saturated rings. The van der Waals surface area contributed by atoms with Crippen molar-refractivity contribution in [2.24, 2.45) is 5.92 Å². The first kappa shape index (κ1) is 23.3. The fourth-order valence-electron chi connectivity index (χ4n) is 4.76. The zero-order valence-electron chi connectivity index (χ0n) is 19.8. The van der Waals surface area contributed by atoms with E-state index < -0.39 is 0 Å². The molecule has 0 radical (unpaired) electrons. The first-order valence-corrected chi connectivity index (χ1v) is 11.5. The average Bonchev–Trinajstić information content (AvgIpc) is 2.73. The number of carbonyl (C=O) groups is 1. The Balaban J connectivity index is 1.72. The Kier molecular flexibility index (Phi) is 7.77. The van der Waals surface area contributed by atoms with Crippen molar-refractivity contribution in [2.75, 3.05) is 32.1 Å². The minimum Gasteiger partial charge on any atom is -0.378 e. The van der Waals surface area contributed by atoms with Crippen LogP contribution in [0.25, 0.3) is 0 Å². The quantitative estimate of drug-likeness (QED) is 0.565. The number of benzene rings is 2. The molecule has 4 nitrogen and oxygen atoms in total. The fraction of sp³-hybridized carbons (Fsp3) is 0.519. The number of nitrogens with zero attached hydrogens (tertiary/aromatic N) is 2. The molecule has 31 heavy (non-hydrogen) atoms. The van der Waals surface area contributed by atoms with Gasteiger partial charge < -0.3 is 14.5 Å². The summed E-state index contributed by atoms with van der Waals surface area (Å²) in [5.74, 6) is 1.14. The van der Waals surface area contributed by atoms with Crippen LogP contribution in [-0.4, -0.2) is 43.7 Å². The Bertz CT molecular complexity index is 830. The Morgan fingerprint density at radius 2 is 1.77 bits per heavy atom. The van der Waals surface area contributed by atoms with Crippen molar-refractivity contribution in [3.05, 3.63) is 65.7 Å².